The smallest absolute Gasteiger partial charge is 0.0558 e. The molecule has 1 heterocycles. The molecule has 0 saturated carbocycles. The molecule has 3 nitrogen and oxygen atoms in total. The molecule has 12 heavy (non-hydrogen) atoms. The highest BCUT2D eigenvalue weighted by atomic mass is 16.3. The molecule has 2 N–H and O–H groups in total. The Balaban J connectivity index is 2.29. The second-order valence-corrected chi connectivity index (χ2v) is 3.35. The van der Waals surface area contributed by atoms with Gasteiger partial charge in [0, 0.05) is 19.1 Å². The predicted octanol–water partition coefficient (Wildman–Crippen LogP) is 0.0526. The molecule has 0 spiro atoms. The summed E-state index contributed by atoms with van der Waals surface area (Å²) in [6, 6.07) is 0.649. The first-order valence-corrected chi connectivity index (χ1v) is 4.94. The summed E-state index contributed by atoms with van der Waals surface area (Å²) in [5.41, 5.74) is 0. The molecule has 0 bridgehead atoms. The standard InChI is InChI=1S/C9H20N2O/c1-2-11(6-7-12)9-4-3-5-10-8-9/h9-10,12H,2-8H2,1H3/t9-/m0/s1. The zero-order valence-corrected chi connectivity index (χ0v) is 7.92. The van der Waals surface area contributed by atoms with Crippen LogP contribution in [-0.2, 0) is 0 Å². The highest BCUT2D eigenvalue weighted by Gasteiger charge is 2.18. The SMILES string of the molecule is CCN(CCO)[C@H]1CCCNC1. The van der Waals surface area contributed by atoms with Crippen LogP contribution >= 0.6 is 0 Å². The van der Waals surface area contributed by atoms with Gasteiger partial charge >= 0.3 is 0 Å². The van der Waals surface area contributed by atoms with Gasteiger partial charge in [-0.05, 0) is 25.9 Å². The average Bonchev–Trinajstić information content (AvgIpc) is 2.15. The number of piperidine rings is 1. The van der Waals surface area contributed by atoms with Gasteiger partial charge in [0.05, 0.1) is 6.61 Å². The van der Waals surface area contributed by atoms with E-state index in [0.717, 1.165) is 26.2 Å². The third-order valence-corrected chi connectivity index (χ3v) is 2.58. The number of nitrogens with zero attached hydrogens (tertiary/aromatic N) is 1. The molecule has 0 aliphatic carbocycles. The molecule has 1 atom stereocenters. The Morgan fingerprint density at radius 2 is 2.42 bits per heavy atom. The van der Waals surface area contributed by atoms with E-state index in [0.29, 0.717) is 6.04 Å². The summed E-state index contributed by atoms with van der Waals surface area (Å²) in [7, 11) is 0. The van der Waals surface area contributed by atoms with E-state index in [1.165, 1.54) is 12.8 Å². The Morgan fingerprint density at radius 3 is 2.92 bits per heavy atom. The summed E-state index contributed by atoms with van der Waals surface area (Å²) in [5, 5.41) is 12.2. The molecule has 0 aromatic heterocycles. The van der Waals surface area contributed by atoms with Crippen molar-refractivity contribution in [2.45, 2.75) is 25.8 Å². The molecule has 1 aliphatic rings. The van der Waals surface area contributed by atoms with Gasteiger partial charge in [-0.2, -0.15) is 0 Å². The van der Waals surface area contributed by atoms with Gasteiger partial charge in [-0.25, -0.2) is 0 Å². The van der Waals surface area contributed by atoms with E-state index in [9.17, 15) is 0 Å². The van der Waals surface area contributed by atoms with Crippen LogP contribution in [0.25, 0.3) is 0 Å². The molecule has 0 unspecified atom stereocenters. The number of hydrogen-bond acceptors (Lipinski definition) is 3. The lowest BCUT2D eigenvalue weighted by Crippen LogP contribution is -2.46. The second-order valence-electron chi connectivity index (χ2n) is 3.35. The summed E-state index contributed by atoms with van der Waals surface area (Å²) >= 11 is 0. The predicted molar refractivity (Wildman–Crippen MR) is 50.2 cm³/mol. The van der Waals surface area contributed by atoms with Gasteiger partial charge in [-0.3, -0.25) is 4.90 Å². The number of hydrogen-bond donors (Lipinski definition) is 2. The minimum absolute atomic E-state index is 0.282. The Morgan fingerprint density at radius 1 is 1.58 bits per heavy atom. The van der Waals surface area contributed by atoms with Crippen LogP contribution in [0.2, 0.25) is 0 Å². The maximum Gasteiger partial charge on any atom is 0.0558 e. The lowest BCUT2D eigenvalue weighted by molar-refractivity contribution is 0.137. The lowest BCUT2D eigenvalue weighted by atomic mass is 10.1. The first kappa shape index (κ1) is 9.96. The Labute approximate surface area is 74.8 Å². The summed E-state index contributed by atoms with van der Waals surface area (Å²) in [6.07, 6.45) is 2.55. The van der Waals surface area contributed by atoms with E-state index in [4.69, 9.17) is 5.11 Å². The highest BCUT2D eigenvalue weighted by Crippen LogP contribution is 2.09. The number of aliphatic hydroxyl groups excluding tert-OH is 1. The van der Waals surface area contributed by atoms with Crippen LogP contribution in [-0.4, -0.2) is 48.8 Å². The summed E-state index contributed by atoms with van der Waals surface area (Å²) < 4.78 is 0. The molecule has 0 radical (unpaired) electrons. The topological polar surface area (TPSA) is 35.5 Å². The van der Waals surface area contributed by atoms with E-state index in [2.05, 4.69) is 17.1 Å². The summed E-state index contributed by atoms with van der Waals surface area (Å²) in [4.78, 5) is 2.35. The van der Waals surface area contributed by atoms with Crippen molar-refractivity contribution in [2.24, 2.45) is 0 Å². The molecule has 72 valence electrons. The van der Waals surface area contributed by atoms with Crippen LogP contribution in [0.5, 0.6) is 0 Å². The number of nitrogens with one attached hydrogen (secondary N) is 1. The summed E-state index contributed by atoms with van der Waals surface area (Å²) in [6.45, 7) is 6.56. The van der Waals surface area contributed by atoms with Crippen molar-refractivity contribution < 1.29 is 5.11 Å². The van der Waals surface area contributed by atoms with Crippen LogP contribution in [0, 0.1) is 0 Å². The fraction of sp³-hybridized carbons (Fsp3) is 1.00. The van der Waals surface area contributed by atoms with Crippen LogP contribution < -0.4 is 5.32 Å². The molecular formula is C9H20N2O. The van der Waals surface area contributed by atoms with E-state index >= 15 is 0 Å². The van der Waals surface area contributed by atoms with Crippen molar-refractivity contribution in [1.82, 2.24) is 10.2 Å². The minimum atomic E-state index is 0.282. The molecular weight excluding hydrogens is 152 g/mol. The van der Waals surface area contributed by atoms with Crippen molar-refractivity contribution in [1.29, 1.82) is 0 Å². The quantitative estimate of drug-likeness (QED) is 0.629. The number of rotatable bonds is 4. The monoisotopic (exact) mass is 172 g/mol. The third kappa shape index (κ3) is 2.73. The molecule has 3 heteroatoms. The first-order chi connectivity index (χ1) is 5.88. The Bertz CT molecular complexity index is 110. The van der Waals surface area contributed by atoms with E-state index in [1.54, 1.807) is 0 Å². The van der Waals surface area contributed by atoms with Crippen LogP contribution in [0.15, 0.2) is 0 Å². The minimum Gasteiger partial charge on any atom is -0.395 e. The summed E-state index contributed by atoms with van der Waals surface area (Å²) in [5.74, 6) is 0. The zero-order valence-electron chi connectivity index (χ0n) is 7.92. The van der Waals surface area contributed by atoms with E-state index < -0.39 is 0 Å². The van der Waals surface area contributed by atoms with Crippen LogP contribution in [0.1, 0.15) is 19.8 Å². The Kier molecular flexibility index (Phi) is 4.58. The molecule has 0 aromatic carbocycles. The van der Waals surface area contributed by atoms with Crippen molar-refractivity contribution in [3.63, 3.8) is 0 Å². The van der Waals surface area contributed by atoms with Crippen molar-refractivity contribution >= 4 is 0 Å². The largest absolute Gasteiger partial charge is 0.395 e. The van der Waals surface area contributed by atoms with Gasteiger partial charge in [0.15, 0.2) is 0 Å². The maximum absolute atomic E-state index is 8.84. The second kappa shape index (κ2) is 5.51. The number of aliphatic hydroxyl groups is 1. The lowest BCUT2D eigenvalue weighted by Gasteiger charge is -2.33. The third-order valence-electron chi connectivity index (χ3n) is 2.58. The molecule has 0 aromatic rings. The van der Waals surface area contributed by atoms with Gasteiger partial charge in [-0.15, -0.1) is 0 Å². The molecule has 1 saturated heterocycles. The zero-order chi connectivity index (χ0) is 8.81. The van der Waals surface area contributed by atoms with Crippen LogP contribution in [0.4, 0.5) is 0 Å². The Hall–Kier alpha value is -0.120. The van der Waals surface area contributed by atoms with Gasteiger partial charge in [0.2, 0.25) is 0 Å². The van der Waals surface area contributed by atoms with Gasteiger partial charge < -0.3 is 10.4 Å². The van der Waals surface area contributed by atoms with Crippen molar-refractivity contribution in [3.05, 3.63) is 0 Å². The normalized spacial score (nSPS) is 24.8. The van der Waals surface area contributed by atoms with Gasteiger partial charge in [-0.1, -0.05) is 6.92 Å². The van der Waals surface area contributed by atoms with Crippen LogP contribution in [0.3, 0.4) is 0 Å². The maximum atomic E-state index is 8.84. The van der Waals surface area contributed by atoms with E-state index in [-0.39, 0.29) is 6.61 Å². The van der Waals surface area contributed by atoms with Gasteiger partial charge in [0.25, 0.3) is 0 Å². The number of likely N-dealkylation sites (N-methyl/N-ethyl adjacent to an activating group) is 1. The first-order valence-electron chi connectivity index (χ1n) is 4.94. The fourth-order valence-electron chi connectivity index (χ4n) is 1.87. The molecule has 0 amide bonds. The fourth-order valence-corrected chi connectivity index (χ4v) is 1.87. The molecule has 1 aliphatic heterocycles. The highest BCUT2D eigenvalue weighted by molar-refractivity contribution is 4.77. The average molecular weight is 172 g/mol. The van der Waals surface area contributed by atoms with Crippen molar-refractivity contribution in [2.75, 3.05) is 32.8 Å². The van der Waals surface area contributed by atoms with E-state index in [1.807, 2.05) is 0 Å². The molecule has 1 fully saturated rings. The van der Waals surface area contributed by atoms with Gasteiger partial charge in [0.1, 0.15) is 0 Å². The molecule has 1 rings (SSSR count). The van der Waals surface area contributed by atoms with Crippen molar-refractivity contribution in [3.8, 4) is 0 Å².